The van der Waals surface area contributed by atoms with Gasteiger partial charge in [-0.3, -0.25) is 19.2 Å². The van der Waals surface area contributed by atoms with Gasteiger partial charge in [0.15, 0.2) is 0 Å². The van der Waals surface area contributed by atoms with Crippen molar-refractivity contribution in [1.82, 2.24) is 5.32 Å². The maximum Gasteiger partial charge on any atom is 0.271 e. The summed E-state index contributed by atoms with van der Waals surface area (Å²) in [5.41, 5.74) is 0.795. The van der Waals surface area contributed by atoms with Crippen LogP contribution in [0.2, 0.25) is 0 Å². The second kappa shape index (κ2) is 9.37. The van der Waals surface area contributed by atoms with E-state index in [0.29, 0.717) is 13.1 Å². The van der Waals surface area contributed by atoms with E-state index in [4.69, 9.17) is 0 Å². The van der Waals surface area contributed by atoms with Gasteiger partial charge in [0.25, 0.3) is 5.69 Å². The standard InChI is InChI=1S/C19H24N4O5S/c1-15(19(24)20-12-13-21(2)16-8-5-4-6-9-16)22(29(3,27)28)17-10-7-11-18(14-17)23(25)26/h4-11,14-15H,12-13H2,1-3H3,(H,20,24)/t15-/m0/s1. The Morgan fingerprint density at radius 1 is 1.14 bits per heavy atom. The summed E-state index contributed by atoms with van der Waals surface area (Å²) in [6, 6.07) is 13.7. The highest BCUT2D eigenvalue weighted by molar-refractivity contribution is 7.92. The number of carbonyl (C=O) groups excluding carboxylic acids is 1. The zero-order valence-corrected chi connectivity index (χ0v) is 17.3. The number of rotatable bonds is 9. The molecule has 0 saturated heterocycles. The summed E-state index contributed by atoms with van der Waals surface area (Å²) in [6.45, 7) is 2.27. The number of sulfonamides is 1. The first kappa shape index (κ1) is 22.2. The van der Waals surface area contributed by atoms with E-state index < -0.39 is 26.9 Å². The van der Waals surface area contributed by atoms with Crippen LogP contribution in [-0.4, -0.2) is 51.7 Å². The Labute approximate surface area is 170 Å². The van der Waals surface area contributed by atoms with Gasteiger partial charge >= 0.3 is 0 Å². The molecule has 0 bridgehead atoms. The fourth-order valence-electron chi connectivity index (χ4n) is 2.86. The van der Waals surface area contributed by atoms with Crippen molar-refractivity contribution in [2.24, 2.45) is 0 Å². The molecule has 0 radical (unpaired) electrons. The van der Waals surface area contributed by atoms with E-state index in [-0.39, 0.29) is 11.4 Å². The molecule has 9 nitrogen and oxygen atoms in total. The van der Waals surface area contributed by atoms with Gasteiger partial charge in [0.05, 0.1) is 16.9 Å². The Bertz CT molecular complexity index is 966. The van der Waals surface area contributed by atoms with Crippen molar-refractivity contribution in [1.29, 1.82) is 0 Å². The van der Waals surface area contributed by atoms with Gasteiger partial charge in [-0.2, -0.15) is 0 Å². The topological polar surface area (TPSA) is 113 Å². The van der Waals surface area contributed by atoms with Gasteiger partial charge in [0, 0.05) is 38.0 Å². The maximum atomic E-state index is 12.6. The van der Waals surface area contributed by atoms with Gasteiger partial charge in [0.1, 0.15) is 6.04 Å². The third-order valence-electron chi connectivity index (χ3n) is 4.33. The molecule has 156 valence electrons. The molecule has 0 aliphatic carbocycles. The summed E-state index contributed by atoms with van der Waals surface area (Å²) < 4.78 is 25.5. The number of nitro benzene ring substituents is 1. The zero-order chi connectivity index (χ0) is 21.6. The normalized spacial score (nSPS) is 12.1. The largest absolute Gasteiger partial charge is 0.373 e. The molecule has 10 heteroatoms. The van der Waals surface area contributed by atoms with Gasteiger partial charge in [-0.25, -0.2) is 8.42 Å². The van der Waals surface area contributed by atoms with Crippen LogP contribution in [0, 0.1) is 10.1 Å². The van der Waals surface area contributed by atoms with Gasteiger partial charge in [-0.05, 0) is 25.1 Å². The molecule has 2 rings (SSSR count). The number of hydrogen-bond donors (Lipinski definition) is 1. The van der Waals surface area contributed by atoms with Crippen molar-refractivity contribution in [3.05, 3.63) is 64.7 Å². The highest BCUT2D eigenvalue weighted by Crippen LogP contribution is 2.25. The van der Waals surface area contributed by atoms with Crippen LogP contribution in [0.5, 0.6) is 0 Å². The monoisotopic (exact) mass is 420 g/mol. The average Bonchev–Trinajstić information content (AvgIpc) is 2.67. The number of nitrogens with one attached hydrogen (secondary N) is 1. The average molecular weight is 420 g/mol. The summed E-state index contributed by atoms with van der Waals surface area (Å²) >= 11 is 0. The van der Waals surface area contributed by atoms with Gasteiger partial charge in [-0.1, -0.05) is 24.3 Å². The first-order valence-corrected chi connectivity index (χ1v) is 10.7. The quantitative estimate of drug-likeness (QED) is 0.490. The van der Waals surface area contributed by atoms with Crippen molar-refractivity contribution in [3.8, 4) is 0 Å². The fraction of sp³-hybridized carbons (Fsp3) is 0.316. The van der Waals surface area contributed by atoms with E-state index in [1.165, 1.54) is 25.1 Å². The molecule has 2 aromatic carbocycles. The summed E-state index contributed by atoms with van der Waals surface area (Å²) in [4.78, 5) is 24.9. The Morgan fingerprint density at radius 2 is 1.76 bits per heavy atom. The molecule has 0 unspecified atom stereocenters. The fourth-order valence-corrected chi connectivity index (χ4v) is 4.03. The molecule has 29 heavy (non-hydrogen) atoms. The minimum atomic E-state index is -3.85. The Hall–Kier alpha value is -3.14. The van der Waals surface area contributed by atoms with Gasteiger partial charge in [0.2, 0.25) is 15.9 Å². The summed E-state index contributed by atoms with van der Waals surface area (Å²) in [5, 5.41) is 13.7. The molecule has 2 aromatic rings. The van der Waals surface area contributed by atoms with Crippen molar-refractivity contribution in [3.63, 3.8) is 0 Å². The van der Waals surface area contributed by atoms with Crippen LogP contribution in [0.4, 0.5) is 17.1 Å². The van der Waals surface area contributed by atoms with Crippen LogP contribution < -0.4 is 14.5 Å². The van der Waals surface area contributed by atoms with Gasteiger partial charge in [-0.15, -0.1) is 0 Å². The van der Waals surface area contributed by atoms with Crippen LogP contribution in [0.1, 0.15) is 6.92 Å². The number of nitrogens with zero attached hydrogens (tertiary/aromatic N) is 3. The van der Waals surface area contributed by atoms with Crippen LogP contribution >= 0.6 is 0 Å². The highest BCUT2D eigenvalue weighted by Gasteiger charge is 2.29. The number of amides is 1. The number of para-hydroxylation sites is 1. The maximum absolute atomic E-state index is 12.6. The molecule has 0 aromatic heterocycles. The van der Waals surface area contributed by atoms with Crippen molar-refractivity contribution in [2.75, 3.05) is 35.6 Å². The SMILES string of the molecule is C[C@@H](C(=O)NCCN(C)c1ccccc1)N(c1cccc([N+](=O)[O-])c1)S(C)(=O)=O. The second-order valence-corrected chi connectivity index (χ2v) is 8.42. The first-order chi connectivity index (χ1) is 13.6. The Morgan fingerprint density at radius 3 is 2.34 bits per heavy atom. The zero-order valence-electron chi connectivity index (χ0n) is 16.5. The smallest absolute Gasteiger partial charge is 0.271 e. The molecular weight excluding hydrogens is 396 g/mol. The molecule has 1 N–H and O–H groups in total. The molecule has 0 spiro atoms. The number of anilines is 2. The third kappa shape index (κ3) is 5.92. The lowest BCUT2D eigenvalue weighted by molar-refractivity contribution is -0.384. The Balaban J connectivity index is 2.09. The van der Waals surface area contributed by atoms with Gasteiger partial charge < -0.3 is 10.2 Å². The minimum absolute atomic E-state index is 0.0609. The van der Waals surface area contributed by atoms with Crippen LogP contribution in [0.3, 0.4) is 0 Å². The number of carbonyl (C=O) groups is 1. The van der Waals surface area contributed by atoms with E-state index in [9.17, 15) is 23.3 Å². The third-order valence-corrected chi connectivity index (χ3v) is 5.57. The molecular formula is C19H24N4O5S. The van der Waals surface area contributed by atoms with Crippen molar-refractivity contribution >= 4 is 33.0 Å². The molecule has 1 amide bonds. The number of benzene rings is 2. The van der Waals surface area contributed by atoms with Crippen LogP contribution in [0.15, 0.2) is 54.6 Å². The lowest BCUT2D eigenvalue weighted by Crippen LogP contribution is -2.49. The molecule has 0 fully saturated rings. The van der Waals surface area contributed by atoms with Crippen molar-refractivity contribution < 1.29 is 18.1 Å². The summed E-state index contributed by atoms with van der Waals surface area (Å²) in [6.07, 6.45) is 0.957. The van der Waals surface area contributed by atoms with E-state index in [1.807, 2.05) is 42.3 Å². The number of nitro groups is 1. The first-order valence-electron chi connectivity index (χ1n) is 8.89. The molecule has 0 aliphatic heterocycles. The van der Waals surface area contributed by atoms with E-state index in [0.717, 1.165) is 22.3 Å². The number of likely N-dealkylation sites (N-methyl/N-ethyl adjacent to an activating group) is 1. The Kier molecular flexibility index (Phi) is 7.16. The van der Waals surface area contributed by atoms with E-state index in [1.54, 1.807) is 0 Å². The lowest BCUT2D eigenvalue weighted by Gasteiger charge is -2.28. The second-order valence-electron chi connectivity index (χ2n) is 6.56. The predicted octanol–water partition coefficient (Wildman–Crippen LogP) is 2.00. The lowest BCUT2D eigenvalue weighted by atomic mass is 10.2. The number of hydrogen-bond acceptors (Lipinski definition) is 6. The minimum Gasteiger partial charge on any atom is -0.373 e. The predicted molar refractivity (Wildman–Crippen MR) is 113 cm³/mol. The molecule has 1 atom stereocenters. The molecule has 0 saturated carbocycles. The van der Waals surface area contributed by atoms with Crippen molar-refractivity contribution in [2.45, 2.75) is 13.0 Å². The van der Waals surface area contributed by atoms with Crippen LogP contribution in [-0.2, 0) is 14.8 Å². The van der Waals surface area contributed by atoms with E-state index in [2.05, 4.69) is 5.32 Å². The molecule has 0 aliphatic rings. The molecule has 0 heterocycles. The van der Waals surface area contributed by atoms with E-state index >= 15 is 0 Å². The summed E-state index contributed by atoms with van der Waals surface area (Å²) in [7, 11) is -1.96. The number of non-ortho nitro benzene ring substituents is 1. The highest BCUT2D eigenvalue weighted by atomic mass is 32.2. The van der Waals surface area contributed by atoms with Crippen LogP contribution in [0.25, 0.3) is 0 Å². The summed E-state index contributed by atoms with van der Waals surface area (Å²) in [5.74, 6) is -0.497.